The van der Waals surface area contributed by atoms with E-state index < -0.39 is 10.7 Å². The van der Waals surface area contributed by atoms with Crippen LogP contribution in [0.5, 0.6) is 0 Å². The molecule has 1 aliphatic heterocycles. The molecule has 6 heteroatoms. The predicted molar refractivity (Wildman–Crippen MR) is 59.0 cm³/mol. The predicted octanol–water partition coefficient (Wildman–Crippen LogP) is 1.30. The van der Waals surface area contributed by atoms with Gasteiger partial charge in [-0.3, -0.25) is 15.0 Å². The Labute approximate surface area is 97.6 Å². The zero-order chi connectivity index (χ0) is 12.4. The van der Waals surface area contributed by atoms with Gasteiger partial charge in [0, 0.05) is 25.7 Å². The first-order chi connectivity index (χ1) is 8.04. The topological polar surface area (TPSA) is 66.6 Å². The van der Waals surface area contributed by atoms with Crippen molar-refractivity contribution in [3.05, 3.63) is 39.7 Å². The lowest BCUT2D eigenvalue weighted by Gasteiger charge is -2.14. The first-order valence-corrected chi connectivity index (χ1v) is 5.39. The Morgan fingerprint density at radius 2 is 2.29 bits per heavy atom. The van der Waals surface area contributed by atoms with Gasteiger partial charge in [-0.25, -0.2) is 4.39 Å². The van der Waals surface area contributed by atoms with Crippen molar-refractivity contribution < 1.29 is 14.4 Å². The summed E-state index contributed by atoms with van der Waals surface area (Å²) in [6.07, 6.45) is 0.343. The van der Waals surface area contributed by atoms with Gasteiger partial charge in [-0.05, 0) is 18.1 Å². The summed E-state index contributed by atoms with van der Waals surface area (Å²) in [6.45, 7) is 1.69. The molecule has 1 aliphatic rings. The van der Waals surface area contributed by atoms with Crippen LogP contribution < -0.4 is 0 Å². The van der Waals surface area contributed by atoms with Crippen LogP contribution in [-0.2, 0) is 6.54 Å². The van der Waals surface area contributed by atoms with Gasteiger partial charge in [-0.15, -0.1) is 0 Å². The van der Waals surface area contributed by atoms with E-state index >= 15 is 0 Å². The van der Waals surface area contributed by atoms with E-state index in [2.05, 4.69) is 0 Å². The van der Waals surface area contributed by atoms with Crippen molar-refractivity contribution in [2.75, 3.05) is 13.1 Å². The van der Waals surface area contributed by atoms with E-state index in [4.69, 9.17) is 0 Å². The van der Waals surface area contributed by atoms with Gasteiger partial charge in [0.15, 0.2) is 0 Å². The Bertz CT molecular complexity index is 439. The fourth-order valence-electron chi connectivity index (χ4n) is 2.04. The summed E-state index contributed by atoms with van der Waals surface area (Å²) < 4.78 is 13.2. The maximum atomic E-state index is 13.2. The molecular weight excluding hydrogens is 227 g/mol. The number of nitro benzene ring substituents is 1. The molecule has 0 amide bonds. The number of hydrogen-bond donors (Lipinski definition) is 1. The summed E-state index contributed by atoms with van der Waals surface area (Å²) in [5, 5.41) is 19.9. The summed E-state index contributed by atoms with van der Waals surface area (Å²) in [6, 6.07) is 3.56. The van der Waals surface area contributed by atoms with Crippen molar-refractivity contribution in [3.8, 4) is 0 Å². The lowest BCUT2D eigenvalue weighted by Crippen LogP contribution is -2.21. The maximum absolute atomic E-state index is 13.2. The largest absolute Gasteiger partial charge is 0.392 e. The van der Waals surface area contributed by atoms with Crippen LogP contribution >= 0.6 is 0 Å². The molecule has 5 nitrogen and oxygen atoms in total. The van der Waals surface area contributed by atoms with Crippen molar-refractivity contribution in [3.63, 3.8) is 0 Å². The van der Waals surface area contributed by atoms with Crippen LogP contribution in [0.15, 0.2) is 18.2 Å². The van der Waals surface area contributed by atoms with Crippen LogP contribution in [0.4, 0.5) is 10.1 Å². The van der Waals surface area contributed by atoms with E-state index in [1.54, 1.807) is 0 Å². The number of β-amino-alcohol motifs (C(OH)–C–C–N with tert-alkyl or cyclic N) is 1. The minimum Gasteiger partial charge on any atom is -0.392 e. The van der Waals surface area contributed by atoms with E-state index in [-0.39, 0.29) is 11.8 Å². The molecule has 2 rings (SSSR count). The number of non-ortho nitro benzene ring substituents is 1. The molecule has 17 heavy (non-hydrogen) atoms. The van der Waals surface area contributed by atoms with Crippen molar-refractivity contribution in [1.29, 1.82) is 0 Å². The third-order valence-electron chi connectivity index (χ3n) is 2.81. The minimum atomic E-state index is -0.606. The molecule has 0 unspecified atom stereocenters. The van der Waals surface area contributed by atoms with Crippen LogP contribution in [0.25, 0.3) is 0 Å². The van der Waals surface area contributed by atoms with E-state index in [1.165, 1.54) is 12.1 Å². The van der Waals surface area contributed by atoms with Gasteiger partial charge in [0.2, 0.25) is 0 Å². The van der Waals surface area contributed by atoms with Gasteiger partial charge >= 0.3 is 0 Å². The van der Waals surface area contributed by atoms with Crippen LogP contribution in [0.2, 0.25) is 0 Å². The molecule has 0 radical (unpaired) electrons. The molecule has 0 saturated carbocycles. The second-order valence-electron chi connectivity index (χ2n) is 4.25. The third-order valence-corrected chi connectivity index (χ3v) is 2.81. The average molecular weight is 240 g/mol. The van der Waals surface area contributed by atoms with E-state index in [1.807, 2.05) is 4.90 Å². The fraction of sp³-hybridized carbons (Fsp3) is 0.455. The molecule has 0 aliphatic carbocycles. The molecule has 1 heterocycles. The van der Waals surface area contributed by atoms with Gasteiger partial charge in [0.25, 0.3) is 5.69 Å². The Morgan fingerprint density at radius 3 is 2.88 bits per heavy atom. The van der Waals surface area contributed by atoms with Gasteiger partial charge < -0.3 is 5.11 Å². The highest BCUT2D eigenvalue weighted by molar-refractivity contribution is 5.35. The molecule has 0 bridgehead atoms. The number of nitrogens with zero attached hydrogens (tertiary/aromatic N) is 2. The molecule has 92 valence electrons. The monoisotopic (exact) mass is 240 g/mol. The first-order valence-electron chi connectivity index (χ1n) is 5.39. The SMILES string of the molecule is O=[N+]([O-])c1cc(F)cc(CN2CC[C@H](O)C2)c1. The Kier molecular flexibility index (Phi) is 3.35. The summed E-state index contributed by atoms with van der Waals surface area (Å²) in [5.74, 6) is -0.603. The highest BCUT2D eigenvalue weighted by atomic mass is 19.1. The number of benzene rings is 1. The smallest absolute Gasteiger partial charge is 0.272 e. The Morgan fingerprint density at radius 1 is 1.53 bits per heavy atom. The van der Waals surface area contributed by atoms with Gasteiger partial charge in [0.05, 0.1) is 17.1 Å². The van der Waals surface area contributed by atoms with Crippen molar-refractivity contribution in [1.82, 2.24) is 4.90 Å². The number of nitro groups is 1. The standard InChI is InChI=1S/C11H13FN2O3/c12-9-3-8(4-10(5-9)14(16)17)6-13-2-1-11(15)7-13/h3-5,11,15H,1-2,6-7H2/t11-/m0/s1. The zero-order valence-electron chi connectivity index (χ0n) is 9.17. The number of halogens is 1. The number of likely N-dealkylation sites (tertiary alicyclic amines) is 1. The number of rotatable bonds is 3. The Balaban J connectivity index is 2.12. The van der Waals surface area contributed by atoms with E-state index in [9.17, 15) is 19.6 Å². The quantitative estimate of drug-likeness (QED) is 0.638. The number of hydrogen-bond acceptors (Lipinski definition) is 4. The highest BCUT2D eigenvalue weighted by Crippen LogP contribution is 2.19. The van der Waals surface area contributed by atoms with Crippen LogP contribution in [0.3, 0.4) is 0 Å². The van der Waals surface area contributed by atoms with Crippen LogP contribution in [-0.4, -0.2) is 34.1 Å². The minimum absolute atomic E-state index is 0.236. The fourth-order valence-corrected chi connectivity index (χ4v) is 2.04. The first kappa shape index (κ1) is 11.9. The highest BCUT2D eigenvalue weighted by Gasteiger charge is 2.21. The van der Waals surface area contributed by atoms with Crippen molar-refractivity contribution in [2.45, 2.75) is 19.1 Å². The van der Waals surface area contributed by atoms with E-state index in [0.717, 1.165) is 12.6 Å². The molecule has 1 saturated heterocycles. The van der Waals surface area contributed by atoms with Gasteiger partial charge in [-0.1, -0.05) is 0 Å². The summed E-state index contributed by atoms with van der Waals surface area (Å²) in [4.78, 5) is 11.9. The lowest BCUT2D eigenvalue weighted by molar-refractivity contribution is -0.385. The van der Waals surface area contributed by atoms with Crippen molar-refractivity contribution >= 4 is 5.69 Å². The molecule has 1 fully saturated rings. The molecule has 1 aromatic rings. The molecular formula is C11H13FN2O3. The average Bonchev–Trinajstić information content (AvgIpc) is 2.63. The second-order valence-corrected chi connectivity index (χ2v) is 4.25. The molecule has 1 aromatic carbocycles. The van der Waals surface area contributed by atoms with Crippen LogP contribution in [0, 0.1) is 15.9 Å². The van der Waals surface area contributed by atoms with Gasteiger partial charge in [0.1, 0.15) is 5.82 Å². The summed E-state index contributed by atoms with van der Waals surface area (Å²) in [7, 11) is 0. The van der Waals surface area contributed by atoms with Crippen molar-refractivity contribution in [2.24, 2.45) is 0 Å². The molecule has 0 spiro atoms. The Hall–Kier alpha value is -1.53. The zero-order valence-corrected chi connectivity index (χ0v) is 9.17. The third kappa shape index (κ3) is 2.98. The summed E-state index contributed by atoms with van der Waals surface area (Å²) >= 11 is 0. The maximum Gasteiger partial charge on any atom is 0.272 e. The second kappa shape index (κ2) is 4.77. The van der Waals surface area contributed by atoms with Gasteiger partial charge in [-0.2, -0.15) is 0 Å². The molecule has 1 N–H and O–H groups in total. The normalized spacial score (nSPS) is 20.7. The number of aliphatic hydroxyl groups excluding tert-OH is 1. The van der Waals surface area contributed by atoms with Crippen LogP contribution in [0.1, 0.15) is 12.0 Å². The van der Waals surface area contributed by atoms with E-state index in [0.29, 0.717) is 25.1 Å². The lowest BCUT2D eigenvalue weighted by atomic mass is 10.2. The number of aliphatic hydroxyl groups is 1. The molecule has 0 aromatic heterocycles. The summed E-state index contributed by atoms with van der Waals surface area (Å²) in [5.41, 5.74) is 0.325. The molecule has 1 atom stereocenters.